The van der Waals surface area contributed by atoms with Gasteiger partial charge < -0.3 is 10.1 Å². The molecule has 6 nitrogen and oxygen atoms in total. The molecule has 0 bridgehead atoms. The molecule has 24 heavy (non-hydrogen) atoms. The maximum absolute atomic E-state index is 12.0. The Labute approximate surface area is 142 Å². The summed E-state index contributed by atoms with van der Waals surface area (Å²) in [4.78, 5) is 27.7. The van der Waals surface area contributed by atoms with E-state index < -0.39 is 0 Å². The Balaban J connectivity index is 1.56. The predicted octanol–water partition coefficient (Wildman–Crippen LogP) is 3.40. The molecule has 3 rings (SSSR count). The number of hydrogen-bond donors (Lipinski definition) is 2. The van der Waals surface area contributed by atoms with Gasteiger partial charge in [-0.3, -0.25) is 5.32 Å². The van der Waals surface area contributed by atoms with Crippen molar-refractivity contribution in [2.24, 2.45) is 0 Å². The van der Waals surface area contributed by atoms with Crippen molar-refractivity contribution in [3.05, 3.63) is 59.7 Å². The molecule has 0 radical (unpaired) electrons. The number of benzene rings is 2. The smallest absolute Gasteiger partial charge is 0.337 e. The number of aromatic nitrogens is 1. The minimum atomic E-state index is -0.386. The van der Waals surface area contributed by atoms with Crippen LogP contribution in [0, 0.1) is 0 Å². The Morgan fingerprint density at radius 2 is 1.88 bits per heavy atom. The molecule has 2 aromatic carbocycles. The number of thiazole rings is 1. The highest BCUT2D eigenvalue weighted by molar-refractivity contribution is 7.22. The fourth-order valence-electron chi connectivity index (χ4n) is 2.13. The van der Waals surface area contributed by atoms with E-state index in [-0.39, 0.29) is 12.0 Å². The second-order valence-corrected chi connectivity index (χ2v) is 6.01. The molecule has 0 unspecified atom stereocenters. The number of anilines is 1. The van der Waals surface area contributed by atoms with Gasteiger partial charge in [-0.2, -0.15) is 0 Å². The molecular weight excluding hydrogens is 326 g/mol. The maximum Gasteiger partial charge on any atom is 0.337 e. The average molecular weight is 341 g/mol. The van der Waals surface area contributed by atoms with Crippen LogP contribution in [0.4, 0.5) is 9.93 Å². The van der Waals surface area contributed by atoms with Crippen LogP contribution < -0.4 is 10.6 Å². The first-order valence-corrected chi connectivity index (χ1v) is 8.05. The number of para-hydroxylation sites is 1. The number of carbonyl (C=O) groups excluding carboxylic acids is 2. The summed E-state index contributed by atoms with van der Waals surface area (Å²) in [5.74, 6) is -0.386. The summed E-state index contributed by atoms with van der Waals surface area (Å²) in [6, 6.07) is 14.2. The van der Waals surface area contributed by atoms with Crippen molar-refractivity contribution >= 4 is 38.7 Å². The SMILES string of the molecule is COC(=O)c1ccc(CNC(=O)Nc2nc3ccccc3s2)cc1. The van der Waals surface area contributed by atoms with E-state index in [1.807, 2.05) is 24.3 Å². The molecule has 1 heterocycles. The molecule has 1 aromatic heterocycles. The van der Waals surface area contributed by atoms with E-state index in [1.165, 1.54) is 18.4 Å². The van der Waals surface area contributed by atoms with E-state index in [0.717, 1.165) is 15.8 Å². The van der Waals surface area contributed by atoms with Gasteiger partial charge in [-0.1, -0.05) is 35.6 Å². The van der Waals surface area contributed by atoms with Gasteiger partial charge in [0, 0.05) is 6.54 Å². The quantitative estimate of drug-likeness (QED) is 0.713. The normalized spacial score (nSPS) is 10.4. The Bertz CT molecular complexity index is 841. The van der Waals surface area contributed by atoms with Gasteiger partial charge in [0.1, 0.15) is 0 Å². The standard InChI is InChI=1S/C17H15N3O3S/c1-23-15(21)12-8-6-11(7-9-12)10-18-16(22)20-17-19-13-4-2-3-5-14(13)24-17/h2-9H,10H2,1H3,(H2,18,19,20,22). The number of carbonyl (C=O) groups is 2. The summed E-state index contributed by atoms with van der Waals surface area (Å²) >= 11 is 1.42. The van der Waals surface area contributed by atoms with Crippen molar-refractivity contribution in [2.75, 3.05) is 12.4 Å². The third-order valence-corrected chi connectivity index (χ3v) is 4.29. The van der Waals surface area contributed by atoms with Crippen LogP contribution in [0.3, 0.4) is 0 Å². The van der Waals surface area contributed by atoms with E-state index in [2.05, 4.69) is 20.4 Å². The van der Waals surface area contributed by atoms with Crippen LogP contribution >= 0.6 is 11.3 Å². The van der Waals surface area contributed by atoms with Crippen LogP contribution in [0.25, 0.3) is 10.2 Å². The number of hydrogen-bond acceptors (Lipinski definition) is 5. The van der Waals surface area contributed by atoms with E-state index in [9.17, 15) is 9.59 Å². The second-order valence-electron chi connectivity index (χ2n) is 4.98. The van der Waals surface area contributed by atoms with E-state index in [1.54, 1.807) is 24.3 Å². The van der Waals surface area contributed by atoms with Crippen molar-refractivity contribution in [2.45, 2.75) is 6.54 Å². The Morgan fingerprint density at radius 1 is 1.12 bits per heavy atom. The first kappa shape index (κ1) is 15.9. The van der Waals surface area contributed by atoms with Gasteiger partial charge >= 0.3 is 12.0 Å². The molecule has 122 valence electrons. The van der Waals surface area contributed by atoms with E-state index >= 15 is 0 Å². The van der Waals surface area contributed by atoms with Crippen LogP contribution in [-0.4, -0.2) is 24.1 Å². The summed E-state index contributed by atoms with van der Waals surface area (Å²) in [5, 5.41) is 6.03. The van der Waals surface area contributed by atoms with Gasteiger partial charge in [-0.25, -0.2) is 14.6 Å². The highest BCUT2D eigenvalue weighted by Gasteiger charge is 2.08. The lowest BCUT2D eigenvalue weighted by Crippen LogP contribution is -2.28. The van der Waals surface area contributed by atoms with Crippen molar-refractivity contribution < 1.29 is 14.3 Å². The maximum atomic E-state index is 12.0. The summed E-state index contributed by atoms with van der Waals surface area (Å²) in [6.45, 7) is 0.345. The van der Waals surface area contributed by atoms with E-state index in [4.69, 9.17) is 0 Å². The third kappa shape index (κ3) is 3.69. The Hall–Kier alpha value is -2.93. The average Bonchev–Trinajstić information content (AvgIpc) is 3.02. The number of amides is 2. The van der Waals surface area contributed by atoms with Gasteiger partial charge in [0.2, 0.25) is 0 Å². The van der Waals surface area contributed by atoms with Gasteiger partial charge in [-0.05, 0) is 29.8 Å². The largest absolute Gasteiger partial charge is 0.465 e. The van der Waals surface area contributed by atoms with Crippen LogP contribution in [0.2, 0.25) is 0 Å². The van der Waals surface area contributed by atoms with Crippen molar-refractivity contribution in [3.63, 3.8) is 0 Å². The molecule has 2 N–H and O–H groups in total. The zero-order valence-corrected chi connectivity index (χ0v) is 13.7. The molecule has 2 amide bonds. The number of esters is 1. The van der Waals surface area contributed by atoms with E-state index in [0.29, 0.717) is 17.2 Å². The van der Waals surface area contributed by atoms with Crippen molar-refractivity contribution in [1.29, 1.82) is 0 Å². The minimum absolute atomic E-state index is 0.328. The molecule has 0 saturated carbocycles. The lowest BCUT2D eigenvalue weighted by molar-refractivity contribution is 0.0600. The number of rotatable bonds is 4. The molecule has 3 aromatic rings. The topological polar surface area (TPSA) is 80.3 Å². The molecule has 0 aliphatic heterocycles. The summed E-state index contributed by atoms with van der Waals surface area (Å²) in [5.41, 5.74) is 2.21. The molecule has 0 atom stereocenters. The molecule has 0 spiro atoms. The van der Waals surface area contributed by atoms with Gasteiger partial charge in [-0.15, -0.1) is 0 Å². The number of fused-ring (bicyclic) bond motifs is 1. The zero-order valence-electron chi connectivity index (χ0n) is 12.9. The number of urea groups is 1. The molecule has 0 aliphatic rings. The molecular formula is C17H15N3O3S. The second kappa shape index (κ2) is 7.10. The molecule has 0 fully saturated rings. The highest BCUT2D eigenvalue weighted by atomic mass is 32.1. The number of nitrogens with zero attached hydrogens (tertiary/aromatic N) is 1. The zero-order chi connectivity index (χ0) is 16.9. The van der Waals surface area contributed by atoms with Gasteiger partial charge in [0.05, 0.1) is 22.9 Å². The van der Waals surface area contributed by atoms with Crippen molar-refractivity contribution in [1.82, 2.24) is 10.3 Å². The molecule has 0 aliphatic carbocycles. The number of ether oxygens (including phenoxy) is 1. The molecule has 7 heteroatoms. The van der Waals surface area contributed by atoms with Gasteiger partial charge in [0.25, 0.3) is 0 Å². The summed E-state index contributed by atoms with van der Waals surface area (Å²) < 4.78 is 5.66. The van der Waals surface area contributed by atoms with Crippen LogP contribution in [0.5, 0.6) is 0 Å². The molecule has 0 saturated heterocycles. The fourth-order valence-corrected chi connectivity index (χ4v) is 2.99. The van der Waals surface area contributed by atoms with Gasteiger partial charge in [0.15, 0.2) is 5.13 Å². The number of nitrogens with one attached hydrogen (secondary N) is 2. The lowest BCUT2D eigenvalue weighted by Gasteiger charge is -2.06. The highest BCUT2D eigenvalue weighted by Crippen LogP contribution is 2.25. The van der Waals surface area contributed by atoms with Crippen LogP contribution in [-0.2, 0) is 11.3 Å². The minimum Gasteiger partial charge on any atom is -0.465 e. The Kier molecular flexibility index (Phi) is 4.72. The van der Waals surface area contributed by atoms with Crippen LogP contribution in [0.1, 0.15) is 15.9 Å². The first-order chi connectivity index (χ1) is 11.7. The first-order valence-electron chi connectivity index (χ1n) is 7.23. The van der Waals surface area contributed by atoms with Crippen LogP contribution in [0.15, 0.2) is 48.5 Å². The number of methoxy groups -OCH3 is 1. The lowest BCUT2D eigenvalue weighted by atomic mass is 10.1. The monoisotopic (exact) mass is 341 g/mol. The summed E-state index contributed by atoms with van der Waals surface area (Å²) in [6.07, 6.45) is 0. The third-order valence-electron chi connectivity index (χ3n) is 3.34. The summed E-state index contributed by atoms with van der Waals surface area (Å²) in [7, 11) is 1.34. The Morgan fingerprint density at radius 3 is 2.58 bits per heavy atom. The predicted molar refractivity (Wildman–Crippen MR) is 93.3 cm³/mol. The van der Waals surface area contributed by atoms with Crippen molar-refractivity contribution in [3.8, 4) is 0 Å². The fraction of sp³-hybridized carbons (Fsp3) is 0.118.